The van der Waals surface area contributed by atoms with Crippen LogP contribution < -0.4 is 4.74 Å². The number of halogens is 1. The molecule has 0 atom stereocenters. The summed E-state index contributed by atoms with van der Waals surface area (Å²) in [5.74, 6) is 1.24. The lowest BCUT2D eigenvalue weighted by molar-refractivity contribution is 0.409. The Morgan fingerprint density at radius 1 is 1.18 bits per heavy atom. The number of H-pyrrole nitrogens is 1. The van der Waals surface area contributed by atoms with Crippen molar-refractivity contribution in [2.75, 3.05) is 7.11 Å². The highest BCUT2D eigenvalue weighted by Crippen LogP contribution is 2.33. The summed E-state index contributed by atoms with van der Waals surface area (Å²) in [6.07, 6.45) is 0. The number of methoxy groups -OCH3 is 1. The molecule has 22 heavy (non-hydrogen) atoms. The van der Waals surface area contributed by atoms with E-state index in [1.165, 1.54) is 5.69 Å². The van der Waals surface area contributed by atoms with Gasteiger partial charge in [-0.3, -0.25) is 0 Å². The summed E-state index contributed by atoms with van der Waals surface area (Å²) in [6.45, 7) is 6.27. The Hall–Kier alpha value is -2.00. The molecule has 0 saturated carbocycles. The zero-order valence-electron chi connectivity index (χ0n) is 13.2. The first kappa shape index (κ1) is 14.9. The number of aromatic amines is 1. The van der Waals surface area contributed by atoms with Crippen LogP contribution in [0, 0.1) is 6.92 Å². The summed E-state index contributed by atoms with van der Waals surface area (Å²) < 4.78 is 5.26. The van der Waals surface area contributed by atoms with Crippen molar-refractivity contribution in [2.45, 2.75) is 26.7 Å². The number of hydrogen-bond acceptors (Lipinski definition) is 2. The van der Waals surface area contributed by atoms with Crippen LogP contribution in [0.4, 0.5) is 0 Å². The van der Waals surface area contributed by atoms with Gasteiger partial charge in [0.15, 0.2) is 0 Å². The maximum atomic E-state index is 6.47. The normalized spacial score (nSPS) is 11.4. The highest BCUT2D eigenvalue weighted by molar-refractivity contribution is 6.34. The largest absolute Gasteiger partial charge is 0.495 e. The summed E-state index contributed by atoms with van der Waals surface area (Å²) in [6, 6.07) is 10.1. The van der Waals surface area contributed by atoms with E-state index in [2.05, 4.69) is 35.9 Å². The van der Waals surface area contributed by atoms with Crippen LogP contribution in [0.15, 0.2) is 30.3 Å². The molecule has 0 aliphatic rings. The molecule has 4 heteroatoms. The van der Waals surface area contributed by atoms with Gasteiger partial charge in [0.2, 0.25) is 0 Å². The van der Waals surface area contributed by atoms with Crippen molar-refractivity contribution in [3.63, 3.8) is 0 Å². The fraction of sp³-hybridized carbons (Fsp3) is 0.278. The van der Waals surface area contributed by atoms with E-state index in [-0.39, 0.29) is 0 Å². The van der Waals surface area contributed by atoms with Gasteiger partial charge in [0.25, 0.3) is 0 Å². The van der Waals surface area contributed by atoms with Crippen molar-refractivity contribution >= 4 is 22.5 Å². The highest BCUT2D eigenvalue weighted by Gasteiger charge is 2.12. The number of ether oxygens (including phenoxy) is 1. The van der Waals surface area contributed by atoms with Crippen molar-refractivity contribution in [1.29, 1.82) is 0 Å². The second kappa shape index (κ2) is 5.65. The van der Waals surface area contributed by atoms with Crippen LogP contribution in [-0.4, -0.2) is 17.1 Å². The molecule has 0 spiro atoms. The van der Waals surface area contributed by atoms with Crippen LogP contribution in [0.2, 0.25) is 5.02 Å². The topological polar surface area (TPSA) is 37.9 Å². The van der Waals surface area contributed by atoms with Crippen molar-refractivity contribution in [1.82, 2.24) is 9.97 Å². The minimum atomic E-state index is 0.455. The number of fused-ring (bicyclic) bond motifs is 1. The number of pyridine rings is 1. The molecule has 2 aromatic heterocycles. The van der Waals surface area contributed by atoms with E-state index in [1.807, 2.05) is 25.1 Å². The molecular weight excluding hydrogens is 296 g/mol. The van der Waals surface area contributed by atoms with Crippen LogP contribution in [0.1, 0.15) is 31.2 Å². The van der Waals surface area contributed by atoms with Gasteiger partial charge in [0, 0.05) is 22.2 Å². The van der Waals surface area contributed by atoms with E-state index in [1.54, 1.807) is 7.11 Å². The molecule has 1 aromatic carbocycles. The highest BCUT2D eigenvalue weighted by atomic mass is 35.5. The Balaban J connectivity index is 2.14. The predicted molar refractivity (Wildman–Crippen MR) is 91.9 cm³/mol. The lowest BCUT2D eigenvalue weighted by Crippen LogP contribution is -1.93. The van der Waals surface area contributed by atoms with Gasteiger partial charge < -0.3 is 9.72 Å². The monoisotopic (exact) mass is 314 g/mol. The van der Waals surface area contributed by atoms with Gasteiger partial charge >= 0.3 is 0 Å². The summed E-state index contributed by atoms with van der Waals surface area (Å²) >= 11 is 6.47. The van der Waals surface area contributed by atoms with Crippen LogP contribution in [0.5, 0.6) is 5.75 Å². The zero-order chi connectivity index (χ0) is 15.9. The fourth-order valence-electron chi connectivity index (χ4n) is 2.60. The maximum Gasteiger partial charge on any atom is 0.140 e. The summed E-state index contributed by atoms with van der Waals surface area (Å²) in [5, 5.41) is 1.83. The first-order chi connectivity index (χ1) is 10.5. The van der Waals surface area contributed by atoms with E-state index in [0.717, 1.165) is 33.6 Å². The number of aromatic nitrogens is 2. The Morgan fingerprint density at radius 2 is 1.95 bits per heavy atom. The van der Waals surface area contributed by atoms with Crippen molar-refractivity contribution in [2.24, 2.45) is 0 Å². The molecule has 3 rings (SSSR count). The summed E-state index contributed by atoms with van der Waals surface area (Å²) in [5.41, 5.74) is 4.92. The first-order valence-electron chi connectivity index (χ1n) is 7.33. The van der Waals surface area contributed by atoms with Gasteiger partial charge in [0.1, 0.15) is 5.75 Å². The molecule has 0 amide bonds. The second-order valence-corrected chi connectivity index (χ2v) is 6.19. The Kier molecular flexibility index (Phi) is 3.83. The fourth-order valence-corrected chi connectivity index (χ4v) is 2.87. The molecule has 0 saturated heterocycles. The van der Waals surface area contributed by atoms with E-state index in [9.17, 15) is 0 Å². The third kappa shape index (κ3) is 2.57. The van der Waals surface area contributed by atoms with Gasteiger partial charge in [-0.1, -0.05) is 25.4 Å². The quantitative estimate of drug-likeness (QED) is 0.710. The lowest BCUT2D eigenvalue weighted by Gasteiger charge is -2.08. The minimum Gasteiger partial charge on any atom is -0.495 e. The molecule has 0 bridgehead atoms. The average molecular weight is 315 g/mol. The van der Waals surface area contributed by atoms with Crippen molar-refractivity contribution < 1.29 is 4.74 Å². The molecule has 1 N–H and O–H groups in total. The van der Waals surface area contributed by atoms with Crippen molar-refractivity contribution in [3.8, 4) is 17.0 Å². The minimum absolute atomic E-state index is 0.455. The third-order valence-corrected chi connectivity index (χ3v) is 4.20. The number of benzene rings is 1. The van der Waals surface area contributed by atoms with E-state index in [0.29, 0.717) is 10.9 Å². The van der Waals surface area contributed by atoms with Crippen LogP contribution in [-0.2, 0) is 0 Å². The first-order valence-corrected chi connectivity index (χ1v) is 7.71. The van der Waals surface area contributed by atoms with E-state index >= 15 is 0 Å². The molecule has 0 aliphatic carbocycles. The standard InChI is InChI=1S/C18H19ClN2O/c1-10(2)16-8-12-7-14(19)13(9-17(12)21-16)15-5-6-18(22-4)11(3)20-15/h5-10,21H,1-4H3. The molecule has 3 aromatic rings. The summed E-state index contributed by atoms with van der Waals surface area (Å²) in [7, 11) is 1.65. The van der Waals surface area contributed by atoms with Gasteiger partial charge in [-0.15, -0.1) is 0 Å². The number of nitrogens with zero attached hydrogens (tertiary/aromatic N) is 1. The molecule has 0 aliphatic heterocycles. The Morgan fingerprint density at radius 3 is 2.59 bits per heavy atom. The molecule has 2 heterocycles. The second-order valence-electron chi connectivity index (χ2n) is 5.78. The average Bonchev–Trinajstić information content (AvgIpc) is 2.89. The van der Waals surface area contributed by atoms with Crippen molar-refractivity contribution in [3.05, 3.63) is 46.7 Å². The number of aryl methyl sites for hydroxylation is 1. The number of hydrogen-bond donors (Lipinski definition) is 1. The summed E-state index contributed by atoms with van der Waals surface area (Å²) in [4.78, 5) is 8.06. The van der Waals surface area contributed by atoms with Gasteiger partial charge in [-0.2, -0.15) is 0 Å². The number of nitrogens with one attached hydrogen (secondary N) is 1. The van der Waals surface area contributed by atoms with Gasteiger partial charge in [-0.05, 0) is 43.2 Å². The smallest absolute Gasteiger partial charge is 0.140 e. The van der Waals surface area contributed by atoms with E-state index < -0.39 is 0 Å². The Bertz CT molecular complexity index is 836. The molecule has 0 fully saturated rings. The number of rotatable bonds is 3. The third-order valence-electron chi connectivity index (χ3n) is 3.88. The lowest BCUT2D eigenvalue weighted by atomic mass is 10.1. The van der Waals surface area contributed by atoms with Gasteiger partial charge in [0.05, 0.1) is 23.5 Å². The molecule has 0 unspecified atom stereocenters. The van der Waals surface area contributed by atoms with E-state index in [4.69, 9.17) is 16.3 Å². The Labute approximate surface area is 135 Å². The van der Waals surface area contributed by atoms with Crippen LogP contribution in [0.3, 0.4) is 0 Å². The predicted octanol–water partition coefficient (Wildman–Crippen LogP) is 5.32. The molecular formula is C18H19ClN2O. The SMILES string of the molecule is COc1ccc(-c2cc3[nH]c(C(C)C)cc3cc2Cl)nc1C. The maximum absolute atomic E-state index is 6.47. The molecule has 0 radical (unpaired) electrons. The molecule has 3 nitrogen and oxygen atoms in total. The van der Waals surface area contributed by atoms with Gasteiger partial charge in [-0.25, -0.2) is 4.98 Å². The zero-order valence-corrected chi connectivity index (χ0v) is 14.0. The molecule has 114 valence electrons. The van der Waals surface area contributed by atoms with Crippen LogP contribution in [0.25, 0.3) is 22.2 Å². The van der Waals surface area contributed by atoms with Crippen LogP contribution >= 0.6 is 11.6 Å².